The molecule has 0 spiro atoms. The molecule has 3 aromatic heterocycles. The lowest BCUT2D eigenvalue weighted by Crippen LogP contribution is -2.19. The second kappa shape index (κ2) is 6.13. The lowest BCUT2D eigenvalue weighted by atomic mass is 10.1. The molecule has 0 amide bonds. The quantitative estimate of drug-likeness (QED) is 0.541. The number of hydrogen-bond acceptors (Lipinski definition) is 7. The number of fused-ring (bicyclic) bond motifs is 2. The van der Waals surface area contributed by atoms with Crippen molar-refractivity contribution in [3.63, 3.8) is 0 Å². The zero-order chi connectivity index (χ0) is 18.4. The Morgan fingerprint density at radius 2 is 1.96 bits per heavy atom. The third-order valence-corrected chi connectivity index (χ3v) is 5.10. The van der Waals surface area contributed by atoms with E-state index in [1.165, 1.54) is 15.7 Å². The maximum Gasteiger partial charge on any atom is 0.282 e. The first-order valence-corrected chi connectivity index (χ1v) is 9.11. The van der Waals surface area contributed by atoms with Crippen molar-refractivity contribution >= 4 is 16.3 Å². The summed E-state index contributed by atoms with van der Waals surface area (Å²) >= 11 is 1.41. The van der Waals surface area contributed by atoms with Gasteiger partial charge in [0.25, 0.3) is 5.56 Å². The number of methoxy groups -OCH3 is 1. The highest BCUT2D eigenvalue weighted by atomic mass is 32.1. The van der Waals surface area contributed by atoms with Gasteiger partial charge < -0.3 is 14.2 Å². The molecule has 8 nitrogen and oxygen atoms in total. The summed E-state index contributed by atoms with van der Waals surface area (Å²) in [4.78, 5) is 22.3. The summed E-state index contributed by atoms with van der Waals surface area (Å²) in [6.07, 6.45) is 6.63. The van der Waals surface area contributed by atoms with Gasteiger partial charge >= 0.3 is 0 Å². The summed E-state index contributed by atoms with van der Waals surface area (Å²) < 4.78 is 20.0. The molecular weight excluding hydrogens is 368 g/mol. The van der Waals surface area contributed by atoms with Crippen molar-refractivity contribution in [3.8, 4) is 34.3 Å². The summed E-state index contributed by atoms with van der Waals surface area (Å²) in [6, 6.07) is 3.59. The van der Waals surface area contributed by atoms with Gasteiger partial charge in [-0.15, -0.1) is 11.3 Å². The molecule has 1 aliphatic heterocycles. The summed E-state index contributed by atoms with van der Waals surface area (Å²) in [5.41, 5.74) is 0.925. The Morgan fingerprint density at radius 1 is 1.15 bits per heavy atom. The molecule has 0 unspecified atom stereocenters. The average molecular weight is 382 g/mol. The van der Waals surface area contributed by atoms with Crippen LogP contribution in [0.5, 0.6) is 17.2 Å². The molecule has 0 bridgehead atoms. The van der Waals surface area contributed by atoms with Gasteiger partial charge in [0.15, 0.2) is 16.5 Å². The fourth-order valence-electron chi connectivity index (χ4n) is 3.09. The highest BCUT2D eigenvalue weighted by Gasteiger charge is 2.21. The van der Waals surface area contributed by atoms with Crippen LogP contribution >= 0.6 is 11.3 Å². The molecule has 0 atom stereocenters. The van der Waals surface area contributed by atoms with Gasteiger partial charge in [-0.25, -0.2) is 9.97 Å². The van der Waals surface area contributed by atoms with Gasteiger partial charge in [-0.2, -0.15) is 0 Å². The SMILES string of the molecule is COc1cc2c(cc1-c1nccn1-c1cnc3sccn3c1=O)OCCO2. The number of rotatable bonds is 3. The molecule has 0 saturated carbocycles. The van der Waals surface area contributed by atoms with Gasteiger partial charge in [-0.05, 0) is 6.07 Å². The predicted octanol–water partition coefficient (Wildman–Crippen LogP) is 2.39. The molecule has 0 N–H and O–H groups in total. The monoisotopic (exact) mass is 382 g/mol. The van der Waals surface area contributed by atoms with Crippen molar-refractivity contribution in [1.29, 1.82) is 0 Å². The molecule has 4 aromatic rings. The van der Waals surface area contributed by atoms with Crippen LogP contribution in [0.15, 0.2) is 47.1 Å². The van der Waals surface area contributed by atoms with E-state index < -0.39 is 0 Å². The van der Waals surface area contributed by atoms with Crippen LogP contribution in [0, 0.1) is 0 Å². The predicted molar refractivity (Wildman–Crippen MR) is 99.4 cm³/mol. The lowest BCUT2D eigenvalue weighted by Gasteiger charge is -2.20. The van der Waals surface area contributed by atoms with Gasteiger partial charge in [0.1, 0.15) is 30.5 Å². The lowest BCUT2D eigenvalue weighted by molar-refractivity contribution is 0.171. The summed E-state index contributed by atoms with van der Waals surface area (Å²) in [5, 5.41) is 1.83. The number of aromatic nitrogens is 4. The van der Waals surface area contributed by atoms with Crippen LogP contribution in [0.2, 0.25) is 0 Å². The topological polar surface area (TPSA) is 79.9 Å². The van der Waals surface area contributed by atoms with Crippen molar-refractivity contribution in [3.05, 3.63) is 52.7 Å². The first-order chi connectivity index (χ1) is 13.3. The number of benzene rings is 1. The Morgan fingerprint density at radius 3 is 2.78 bits per heavy atom. The minimum Gasteiger partial charge on any atom is -0.496 e. The largest absolute Gasteiger partial charge is 0.496 e. The van der Waals surface area contributed by atoms with Gasteiger partial charge in [0, 0.05) is 30.0 Å². The van der Waals surface area contributed by atoms with Crippen LogP contribution < -0.4 is 19.8 Å². The summed E-state index contributed by atoms with van der Waals surface area (Å²) in [7, 11) is 1.58. The molecule has 4 heterocycles. The van der Waals surface area contributed by atoms with Crippen LogP contribution in [0.25, 0.3) is 22.0 Å². The fraction of sp³-hybridized carbons (Fsp3) is 0.167. The van der Waals surface area contributed by atoms with E-state index in [4.69, 9.17) is 14.2 Å². The minimum absolute atomic E-state index is 0.169. The van der Waals surface area contributed by atoms with Crippen molar-refractivity contribution in [2.24, 2.45) is 0 Å². The molecule has 0 fully saturated rings. The van der Waals surface area contributed by atoms with E-state index in [1.54, 1.807) is 42.5 Å². The van der Waals surface area contributed by atoms with Crippen LogP contribution in [0.1, 0.15) is 0 Å². The second-order valence-corrected chi connectivity index (χ2v) is 6.69. The first kappa shape index (κ1) is 15.9. The highest BCUT2D eigenvalue weighted by Crippen LogP contribution is 2.41. The molecule has 0 radical (unpaired) electrons. The van der Waals surface area contributed by atoms with E-state index in [1.807, 2.05) is 11.4 Å². The zero-order valence-electron chi connectivity index (χ0n) is 14.3. The molecule has 0 aliphatic carbocycles. The maximum atomic E-state index is 12.9. The van der Waals surface area contributed by atoms with E-state index in [0.717, 1.165) is 0 Å². The Kier molecular flexibility index (Phi) is 3.61. The zero-order valence-corrected chi connectivity index (χ0v) is 15.1. The van der Waals surface area contributed by atoms with E-state index in [-0.39, 0.29) is 5.56 Å². The Hall–Kier alpha value is -3.33. The molecule has 5 rings (SSSR count). The third kappa shape index (κ3) is 2.47. The van der Waals surface area contributed by atoms with Crippen LogP contribution in [-0.2, 0) is 0 Å². The van der Waals surface area contributed by atoms with Crippen LogP contribution in [0.3, 0.4) is 0 Å². The first-order valence-electron chi connectivity index (χ1n) is 8.23. The summed E-state index contributed by atoms with van der Waals surface area (Å²) in [5.74, 6) is 2.38. The van der Waals surface area contributed by atoms with Crippen molar-refractivity contribution in [2.75, 3.05) is 20.3 Å². The van der Waals surface area contributed by atoms with E-state index >= 15 is 0 Å². The molecule has 1 aromatic carbocycles. The Labute approximate surface area is 157 Å². The van der Waals surface area contributed by atoms with Gasteiger partial charge in [-0.3, -0.25) is 13.8 Å². The number of thiazole rings is 1. The van der Waals surface area contributed by atoms with Crippen molar-refractivity contribution in [1.82, 2.24) is 18.9 Å². The van der Waals surface area contributed by atoms with Crippen molar-refractivity contribution in [2.45, 2.75) is 0 Å². The van der Waals surface area contributed by atoms with E-state index in [2.05, 4.69) is 9.97 Å². The standard InChI is InChI=1S/C18H14N4O4S/c1-24-13-9-15-14(25-5-6-26-15)8-11(13)16-19-2-3-21(16)12-10-20-18-22(17(12)23)4-7-27-18/h2-4,7-10H,5-6H2,1H3. The van der Waals surface area contributed by atoms with Gasteiger partial charge in [0.05, 0.1) is 18.9 Å². The Balaban J connectivity index is 1.71. The number of hydrogen-bond donors (Lipinski definition) is 0. The van der Waals surface area contributed by atoms with Gasteiger partial charge in [-0.1, -0.05) is 0 Å². The average Bonchev–Trinajstić information content (AvgIpc) is 3.37. The van der Waals surface area contributed by atoms with E-state index in [9.17, 15) is 4.79 Å². The third-order valence-electron chi connectivity index (χ3n) is 4.33. The molecule has 9 heteroatoms. The summed E-state index contributed by atoms with van der Waals surface area (Å²) in [6.45, 7) is 0.973. The molecule has 136 valence electrons. The van der Waals surface area contributed by atoms with E-state index in [0.29, 0.717) is 52.5 Å². The molecule has 0 saturated heterocycles. The number of nitrogens with zero attached hydrogens (tertiary/aromatic N) is 4. The maximum absolute atomic E-state index is 12.9. The molecular formula is C18H14N4O4S. The van der Waals surface area contributed by atoms with Crippen molar-refractivity contribution < 1.29 is 14.2 Å². The van der Waals surface area contributed by atoms with Crippen LogP contribution in [0.4, 0.5) is 0 Å². The number of imidazole rings is 1. The minimum atomic E-state index is -0.169. The van der Waals surface area contributed by atoms with Gasteiger partial charge in [0.2, 0.25) is 0 Å². The molecule has 1 aliphatic rings. The van der Waals surface area contributed by atoms with Crippen LogP contribution in [-0.4, -0.2) is 39.3 Å². The molecule has 27 heavy (non-hydrogen) atoms. The second-order valence-electron chi connectivity index (χ2n) is 5.82. The Bertz CT molecular complexity index is 1210. The number of ether oxygens (including phenoxy) is 3. The highest BCUT2D eigenvalue weighted by molar-refractivity contribution is 7.15. The fourth-order valence-corrected chi connectivity index (χ4v) is 3.77. The smallest absolute Gasteiger partial charge is 0.282 e. The normalized spacial score (nSPS) is 13.1.